The Hall–Kier alpha value is -1.09. The second-order valence-electron chi connectivity index (χ2n) is 2.78. The summed E-state index contributed by atoms with van der Waals surface area (Å²) in [5.74, 6) is 0. The van der Waals surface area contributed by atoms with E-state index in [4.69, 9.17) is 0 Å². The maximum Gasteiger partial charge on any atom is 0.0571 e. The fourth-order valence-electron chi connectivity index (χ4n) is 1.20. The third-order valence-electron chi connectivity index (χ3n) is 2.07. The van der Waals surface area contributed by atoms with E-state index in [0.29, 0.717) is 0 Å². The minimum absolute atomic E-state index is 1.22. The van der Waals surface area contributed by atoms with Crippen LogP contribution in [0.2, 0.25) is 0 Å². The normalized spacial score (nSPS) is 10.5. The molecule has 0 amide bonds. The van der Waals surface area contributed by atoms with Gasteiger partial charge in [-0.2, -0.15) is 16.4 Å². The van der Waals surface area contributed by atoms with Crippen LogP contribution in [0.1, 0.15) is 5.69 Å². The summed E-state index contributed by atoms with van der Waals surface area (Å²) in [4.78, 5) is 0. The zero-order chi connectivity index (χ0) is 8.55. The van der Waals surface area contributed by atoms with E-state index in [9.17, 15) is 0 Å². The Bertz CT molecular complexity index is 373. The smallest absolute Gasteiger partial charge is 0.0571 e. The maximum absolute atomic E-state index is 4.19. The van der Waals surface area contributed by atoms with Crippen molar-refractivity contribution in [3.63, 3.8) is 0 Å². The van der Waals surface area contributed by atoms with Gasteiger partial charge in [-0.25, -0.2) is 0 Å². The van der Waals surface area contributed by atoms with Gasteiger partial charge in [-0.3, -0.25) is 4.68 Å². The van der Waals surface area contributed by atoms with Crippen molar-refractivity contribution in [1.82, 2.24) is 9.78 Å². The maximum atomic E-state index is 4.19. The monoisotopic (exact) mass is 178 g/mol. The topological polar surface area (TPSA) is 17.8 Å². The van der Waals surface area contributed by atoms with Gasteiger partial charge in [0.1, 0.15) is 0 Å². The molecular formula is C9H10N2S. The van der Waals surface area contributed by atoms with Crippen molar-refractivity contribution < 1.29 is 0 Å². The standard InChI is InChI=1S/C9H10N2S/c1-7-9(5-10-11(7)2)8-3-4-12-6-8/h3-6H,1-2H3. The van der Waals surface area contributed by atoms with E-state index in [1.54, 1.807) is 11.3 Å². The molecule has 0 spiro atoms. The molecule has 0 aliphatic rings. The lowest BCUT2D eigenvalue weighted by atomic mass is 10.1. The number of nitrogens with zero attached hydrogens (tertiary/aromatic N) is 2. The van der Waals surface area contributed by atoms with Gasteiger partial charge >= 0.3 is 0 Å². The molecule has 0 atom stereocenters. The minimum atomic E-state index is 1.22. The zero-order valence-corrected chi connectivity index (χ0v) is 7.93. The number of aryl methyl sites for hydroxylation is 1. The Morgan fingerprint density at radius 3 is 2.83 bits per heavy atom. The number of hydrogen-bond acceptors (Lipinski definition) is 2. The first-order valence-corrected chi connectivity index (χ1v) is 4.74. The van der Waals surface area contributed by atoms with Gasteiger partial charge in [0.05, 0.1) is 6.20 Å². The third-order valence-corrected chi connectivity index (χ3v) is 2.75. The van der Waals surface area contributed by atoms with Crippen molar-refractivity contribution in [1.29, 1.82) is 0 Å². The van der Waals surface area contributed by atoms with Crippen LogP contribution >= 0.6 is 11.3 Å². The number of aromatic nitrogens is 2. The van der Waals surface area contributed by atoms with E-state index >= 15 is 0 Å². The molecule has 0 N–H and O–H groups in total. The molecule has 2 rings (SSSR count). The summed E-state index contributed by atoms with van der Waals surface area (Å²) in [5.41, 5.74) is 3.72. The van der Waals surface area contributed by atoms with Crippen LogP contribution in [-0.4, -0.2) is 9.78 Å². The lowest BCUT2D eigenvalue weighted by Gasteiger charge is -1.95. The van der Waals surface area contributed by atoms with E-state index in [0.717, 1.165) is 0 Å². The highest BCUT2D eigenvalue weighted by molar-refractivity contribution is 7.08. The van der Waals surface area contributed by atoms with Crippen molar-refractivity contribution >= 4 is 11.3 Å². The summed E-state index contributed by atoms with van der Waals surface area (Å²) < 4.78 is 1.90. The average molecular weight is 178 g/mol. The first kappa shape index (κ1) is 7.55. The third kappa shape index (κ3) is 1.06. The van der Waals surface area contributed by atoms with Gasteiger partial charge in [0.2, 0.25) is 0 Å². The fourth-order valence-corrected chi connectivity index (χ4v) is 1.86. The molecule has 62 valence electrons. The highest BCUT2D eigenvalue weighted by Crippen LogP contribution is 2.24. The molecular weight excluding hydrogens is 168 g/mol. The summed E-state index contributed by atoms with van der Waals surface area (Å²) >= 11 is 1.72. The molecule has 2 aromatic heterocycles. The molecule has 3 heteroatoms. The first-order valence-electron chi connectivity index (χ1n) is 3.80. The minimum Gasteiger partial charge on any atom is -0.272 e. The predicted molar refractivity (Wildman–Crippen MR) is 51.3 cm³/mol. The Labute approximate surface area is 75.5 Å². The highest BCUT2D eigenvalue weighted by atomic mass is 32.1. The summed E-state index contributed by atoms with van der Waals surface area (Å²) in [6.07, 6.45) is 1.91. The van der Waals surface area contributed by atoms with Crippen LogP contribution in [0, 0.1) is 6.92 Å². The number of thiophene rings is 1. The lowest BCUT2D eigenvalue weighted by molar-refractivity contribution is 0.740. The van der Waals surface area contributed by atoms with Crippen LogP contribution in [0.25, 0.3) is 11.1 Å². The van der Waals surface area contributed by atoms with Crippen molar-refractivity contribution in [2.45, 2.75) is 6.92 Å². The molecule has 0 aliphatic carbocycles. The van der Waals surface area contributed by atoms with E-state index in [2.05, 4.69) is 28.8 Å². The zero-order valence-electron chi connectivity index (χ0n) is 7.11. The summed E-state index contributed by atoms with van der Waals surface area (Å²) in [5, 5.41) is 8.42. The van der Waals surface area contributed by atoms with Crippen LogP contribution < -0.4 is 0 Å². The SMILES string of the molecule is Cc1c(-c2ccsc2)cnn1C. The van der Waals surface area contributed by atoms with E-state index in [1.165, 1.54) is 16.8 Å². The van der Waals surface area contributed by atoms with Crippen molar-refractivity contribution in [2.75, 3.05) is 0 Å². The molecule has 0 bridgehead atoms. The highest BCUT2D eigenvalue weighted by Gasteiger charge is 2.05. The van der Waals surface area contributed by atoms with Gasteiger partial charge in [0.25, 0.3) is 0 Å². The molecule has 0 saturated carbocycles. The van der Waals surface area contributed by atoms with Crippen LogP contribution in [0.4, 0.5) is 0 Å². The summed E-state index contributed by atoms with van der Waals surface area (Å²) in [6.45, 7) is 2.08. The van der Waals surface area contributed by atoms with Crippen molar-refractivity contribution in [3.8, 4) is 11.1 Å². The predicted octanol–water partition coefficient (Wildman–Crippen LogP) is 2.46. The molecule has 0 aliphatic heterocycles. The quantitative estimate of drug-likeness (QED) is 0.656. The van der Waals surface area contributed by atoms with Crippen LogP contribution in [0.5, 0.6) is 0 Å². The molecule has 0 fully saturated rings. The number of rotatable bonds is 1. The summed E-state index contributed by atoms with van der Waals surface area (Å²) in [7, 11) is 1.96. The molecule has 0 radical (unpaired) electrons. The average Bonchev–Trinajstić information content (AvgIpc) is 2.64. The lowest BCUT2D eigenvalue weighted by Crippen LogP contribution is -1.92. The van der Waals surface area contributed by atoms with Crippen molar-refractivity contribution in [2.24, 2.45) is 7.05 Å². The van der Waals surface area contributed by atoms with Crippen LogP contribution in [-0.2, 0) is 7.05 Å². The Balaban J connectivity index is 2.55. The molecule has 2 nitrogen and oxygen atoms in total. The molecule has 0 saturated heterocycles. The number of hydrogen-bond donors (Lipinski definition) is 0. The first-order chi connectivity index (χ1) is 5.79. The molecule has 12 heavy (non-hydrogen) atoms. The Kier molecular flexibility index (Phi) is 1.73. The summed E-state index contributed by atoms with van der Waals surface area (Å²) in [6, 6.07) is 2.12. The van der Waals surface area contributed by atoms with Crippen LogP contribution in [0.3, 0.4) is 0 Å². The molecule has 0 aromatic carbocycles. The largest absolute Gasteiger partial charge is 0.272 e. The van der Waals surface area contributed by atoms with E-state index < -0.39 is 0 Å². The Morgan fingerprint density at radius 1 is 1.50 bits per heavy atom. The van der Waals surface area contributed by atoms with Crippen molar-refractivity contribution in [3.05, 3.63) is 28.7 Å². The molecule has 2 aromatic rings. The molecule has 0 unspecified atom stereocenters. The second-order valence-corrected chi connectivity index (χ2v) is 3.56. The van der Waals surface area contributed by atoms with E-state index in [-0.39, 0.29) is 0 Å². The van der Waals surface area contributed by atoms with Gasteiger partial charge in [-0.05, 0) is 29.3 Å². The fraction of sp³-hybridized carbons (Fsp3) is 0.222. The van der Waals surface area contributed by atoms with Gasteiger partial charge in [0, 0.05) is 18.3 Å². The van der Waals surface area contributed by atoms with Gasteiger partial charge < -0.3 is 0 Å². The Morgan fingerprint density at radius 2 is 2.33 bits per heavy atom. The van der Waals surface area contributed by atoms with Crippen LogP contribution in [0.15, 0.2) is 23.0 Å². The van der Waals surface area contributed by atoms with E-state index in [1.807, 2.05) is 17.9 Å². The second kappa shape index (κ2) is 2.75. The van der Waals surface area contributed by atoms with Gasteiger partial charge in [-0.15, -0.1) is 0 Å². The van der Waals surface area contributed by atoms with Gasteiger partial charge in [0.15, 0.2) is 0 Å². The molecule has 2 heterocycles. The van der Waals surface area contributed by atoms with Gasteiger partial charge in [-0.1, -0.05) is 0 Å².